The van der Waals surface area contributed by atoms with E-state index in [-0.39, 0.29) is 17.3 Å². The fourth-order valence-electron chi connectivity index (χ4n) is 2.28. The summed E-state index contributed by atoms with van der Waals surface area (Å²) in [6.45, 7) is 13.3. The van der Waals surface area contributed by atoms with E-state index in [0.29, 0.717) is 13.0 Å². The SMILES string of the molecule is CCOC(C(=O)Cc1cc(C)nn1CC)C(C)(C)C. The minimum Gasteiger partial charge on any atom is -0.370 e. The first-order valence-corrected chi connectivity index (χ1v) is 6.97. The Morgan fingerprint density at radius 1 is 1.42 bits per heavy atom. The molecule has 0 aliphatic carbocycles. The van der Waals surface area contributed by atoms with Crippen molar-refractivity contribution in [1.82, 2.24) is 9.78 Å². The molecule has 4 nitrogen and oxygen atoms in total. The largest absolute Gasteiger partial charge is 0.370 e. The summed E-state index contributed by atoms with van der Waals surface area (Å²) in [5, 5.41) is 4.37. The summed E-state index contributed by atoms with van der Waals surface area (Å²) in [5.74, 6) is 0.129. The Bertz CT molecular complexity index is 430. The molecule has 0 saturated carbocycles. The molecule has 0 bridgehead atoms. The van der Waals surface area contributed by atoms with E-state index in [1.807, 2.05) is 52.3 Å². The topological polar surface area (TPSA) is 44.1 Å². The van der Waals surface area contributed by atoms with Gasteiger partial charge in [-0.25, -0.2) is 0 Å². The zero-order valence-corrected chi connectivity index (χ0v) is 13.0. The normalized spacial score (nSPS) is 13.6. The van der Waals surface area contributed by atoms with Crippen LogP contribution in [-0.4, -0.2) is 28.3 Å². The lowest BCUT2D eigenvalue weighted by Gasteiger charge is -2.29. The number of carbonyl (C=O) groups is 1. The minimum atomic E-state index is -0.363. The van der Waals surface area contributed by atoms with Gasteiger partial charge in [-0.2, -0.15) is 5.10 Å². The maximum Gasteiger partial charge on any atom is 0.168 e. The van der Waals surface area contributed by atoms with Crippen molar-refractivity contribution < 1.29 is 9.53 Å². The fraction of sp³-hybridized carbons (Fsp3) is 0.733. The Morgan fingerprint density at radius 3 is 2.53 bits per heavy atom. The zero-order chi connectivity index (χ0) is 14.6. The van der Waals surface area contributed by atoms with Crippen LogP contribution in [0, 0.1) is 12.3 Å². The zero-order valence-electron chi connectivity index (χ0n) is 13.0. The third-order valence-corrected chi connectivity index (χ3v) is 3.05. The second-order valence-corrected chi connectivity index (χ2v) is 5.94. The standard InChI is InChI=1S/C15H26N2O2/c1-7-17-12(9-11(3)16-17)10-13(18)14(19-8-2)15(4,5)6/h9,14H,7-8,10H2,1-6H3. The summed E-state index contributed by atoms with van der Waals surface area (Å²) < 4.78 is 7.53. The van der Waals surface area contributed by atoms with E-state index in [4.69, 9.17) is 4.74 Å². The summed E-state index contributed by atoms with van der Waals surface area (Å²) in [7, 11) is 0. The van der Waals surface area contributed by atoms with Crippen LogP contribution in [0.5, 0.6) is 0 Å². The number of aryl methyl sites for hydroxylation is 2. The summed E-state index contributed by atoms with van der Waals surface area (Å²) in [4.78, 5) is 12.5. The molecule has 0 aliphatic heterocycles. The highest BCUT2D eigenvalue weighted by atomic mass is 16.5. The lowest BCUT2D eigenvalue weighted by atomic mass is 9.85. The van der Waals surface area contributed by atoms with E-state index in [9.17, 15) is 4.79 Å². The second-order valence-electron chi connectivity index (χ2n) is 5.94. The van der Waals surface area contributed by atoms with Crippen molar-refractivity contribution >= 4 is 5.78 Å². The van der Waals surface area contributed by atoms with E-state index >= 15 is 0 Å². The van der Waals surface area contributed by atoms with Gasteiger partial charge in [-0.3, -0.25) is 9.48 Å². The Labute approximate surface area is 116 Å². The van der Waals surface area contributed by atoms with Crippen LogP contribution in [0.1, 0.15) is 46.0 Å². The van der Waals surface area contributed by atoms with Gasteiger partial charge < -0.3 is 4.74 Å². The highest BCUT2D eigenvalue weighted by molar-refractivity contribution is 5.85. The Kier molecular flexibility index (Phi) is 5.29. The van der Waals surface area contributed by atoms with Crippen molar-refractivity contribution in [3.8, 4) is 0 Å². The molecular formula is C15H26N2O2. The van der Waals surface area contributed by atoms with Gasteiger partial charge in [-0.15, -0.1) is 0 Å². The number of ketones is 1. The predicted molar refractivity (Wildman–Crippen MR) is 76.2 cm³/mol. The van der Waals surface area contributed by atoms with Crippen molar-refractivity contribution in [2.45, 2.75) is 60.6 Å². The Hall–Kier alpha value is -1.16. The maximum atomic E-state index is 12.5. The van der Waals surface area contributed by atoms with E-state index in [1.54, 1.807) is 0 Å². The molecule has 0 saturated heterocycles. The minimum absolute atomic E-state index is 0.129. The molecule has 4 heteroatoms. The van der Waals surface area contributed by atoms with E-state index in [2.05, 4.69) is 5.10 Å². The van der Waals surface area contributed by atoms with Crippen LogP contribution in [0.15, 0.2) is 6.07 Å². The van der Waals surface area contributed by atoms with Crippen molar-refractivity contribution in [2.24, 2.45) is 5.41 Å². The van der Waals surface area contributed by atoms with E-state index in [1.165, 1.54) is 0 Å². The van der Waals surface area contributed by atoms with E-state index in [0.717, 1.165) is 17.9 Å². The smallest absolute Gasteiger partial charge is 0.168 e. The number of rotatable bonds is 6. The summed E-state index contributed by atoms with van der Waals surface area (Å²) >= 11 is 0. The van der Waals surface area contributed by atoms with Gasteiger partial charge in [0.2, 0.25) is 0 Å². The molecule has 0 radical (unpaired) electrons. The highest BCUT2D eigenvalue weighted by Crippen LogP contribution is 2.24. The van der Waals surface area contributed by atoms with Crippen LogP contribution < -0.4 is 0 Å². The van der Waals surface area contributed by atoms with Gasteiger partial charge in [0.15, 0.2) is 5.78 Å². The van der Waals surface area contributed by atoms with Crippen molar-refractivity contribution in [2.75, 3.05) is 6.61 Å². The molecule has 1 aromatic rings. The molecule has 0 aromatic carbocycles. The van der Waals surface area contributed by atoms with Gasteiger partial charge in [-0.1, -0.05) is 20.8 Å². The quantitative estimate of drug-likeness (QED) is 0.795. The monoisotopic (exact) mass is 266 g/mol. The predicted octanol–water partition coefficient (Wildman–Crippen LogP) is 2.77. The van der Waals surface area contributed by atoms with Gasteiger partial charge in [0.25, 0.3) is 0 Å². The number of ether oxygens (including phenoxy) is 1. The van der Waals surface area contributed by atoms with Crippen LogP contribution >= 0.6 is 0 Å². The first-order valence-electron chi connectivity index (χ1n) is 6.97. The third-order valence-electron chi connectivity index (χ3n) is 3.05. The van der Waals surface area contributed by atoms with E-state index < -0.39 is 0 Å². The van der Waals surface area contributed by atoms with Gasteiger partial charge in [0.05, 0.1) is 12.1 Å². The molecule has 0 fully saturated rings. The first kappa shape index (κ1) is 15.9. The van der Waals surface area contributed by atoms with Crippen LogP contribution in [0.4, 0.5) is 0 Å². The lowest BCUT2D eigenvalue weighted by Crippen LogP contribution is -2.38. The second kappa shape index (κ2) is 6.33. The molecule has 0 amide bonds. The Balaban J connectivity index is 2.87. The van der Waals surface area contributed by atoms with Crippen LogP contribution in [-0.2, 0) is 22.5 Å². The van der Waals surface area contributed by atoms with Gasteiger partial charge in [0.1, 0.15) is 6.10 Å². The van der Waals surface area contributed by atoms with Crippen LogP contribution in [0.2, 0.25) is 0 Å². The Morgan fingerprint density at radius 2 is 2.05 bits per heavy atom. The molecule has 108 valence electrons. The molecule has 0 aliphatic rings. The lowest BCUT2D eigenvalue weighted by molar-refractivity contribution is -0.136. The van der Waals surface area contributed by atoms with Crippen LogP contribution in [0.25, 0.3) is 0 Å². The number of hydrogen-bond donors (Lipinski definition) is 0. The summed E-state index contributed by atoms with van der Waals surface area (Å²) in [6, 6.07) is 1.98. The average molecular weight is 266 g/mol. The molecule has 0 N–H and O–H groups in total. The van der Waals surface area contributed by atoms with Crippen molar-refractivity contribution in [1.29, 1.82) is 0 Å². The summed E-state index contributed by atoms with van der Waals surface area (Å²) in [5.41, 5.74) is 1.74. The maximum absolute atomic E-state index is 12.5. The van der Waals surface area contributed by atoms with Crippen LogP contribution in [0.3, 0.4) is 0 Å². The molecule has 1 unspecified atom stereocenters. The molecule has 1 heterocycles. The molecule has 1 aromatic heterocycles. The van der Waals surface area contributed by atoms with Gasteiger partial charge in [-0.05, 0) is 32.3 Å². The fourth-order valence-corrected chi connectivity index (χ4v) is 2.28. The van der Waals surface area contributed by atoms with Crippen molar-refractivity contribution in [3.05, 3.63) is 17.5 Å². The molecule has 1 atom stereocenters. The number of carbonyl (C=O) groups excluding carboxylic acids is 1. The third kappa shape index (κ3) is 4.16. The number of nitrogens with zero attached hydrogens (tertiary/aromatic N) is 2. The highest BCUT2D eigenvalue weighted by Gasteiger charge is 2.32. The number of hydrogen-bond acceptors (Lipinski definition) is 3. The van der Waals surface area contributed by atoms with Crippen molar-refractivity contribution in [3.63, 3.8) is 0 Å². The summed E-state index contributed by atoms with van der Waals surface area (Å²) in [6.07, 6.45) is 0.0226. The number of Topliss-reactive ketones (excluding diaryl/α,β-unsaturated/α-hetero) is 1. The van der Waals surface area contributed by atoms with Gasteiger partial charge in [0, 0.05) is 18.8 Å². The van der Waals surface area contributed by atoms with Gasteiger partial charge >= 0.3 is 0 Å². The molecule has 19 heavy (non-hydrogen) atoms. The molecule has 0 spiro atoms. The average Bonchev–Trinajstić information content (AvgIpc) is 2.64. The molecular weight excluding hydrogens is 240 g/mol. The molecule has 1 rings (SSSR count). The number of aromatic nitrogens is 2. The first-order chi connectivity index (χ1) is 8.79.